The third-order valence-corrected chi connectivity index (χ3v) is 6.37. The molecule has 37 heavy (non-hydrogen) atoms. The molecule has 1 heterocycles. The predicted octanol–water partition coefficient (Wildman–Crippen LogP) is 6.18. The van der Waals surface area contributed by atoms with Crippen molar-refractivity contribution in [1.29, 1.82) is 0 Å². The third kappa shape index (κ3) is 5.77. The van der Waals surface area contributed by atoms with E-state index in [0.717, 1.165) is 30.0 Å². The van der Waals surface area contributed by atoms with E-state index in [1.165, 1.54) is 12.4 Å². The summed E-state index contributed by atoms with van der Waals surface area (Å²) in [4.78, 5) is 20.2. The highest BCUT2D eigenvalue weighted by atomic mass is 19.3. The Bertz CT molecular complexity index is 1430. The highest BCUT2D eigenvalue weighted by Crippen LogP contribution is 2.32. The number of fused-ring (bicyclic) bond motifs is 1. The van der Waals surface area contributed by atoms with E-state index in [9.17, 15) is 18.7 Å². The molecule has 4 aromatic rings. The normalized spacial score (nSPS) is 13.4. The first-order valence-corrected chi connectivity index (χ1v) is 12.0. The fraction of sp³-hybridized carbons (Fsp3) is 0.250. The molecule has 2 N–H and O–H groups in total. The number of aromatic nitrogens is 2. The summed E-state index contributed by atoms with van der Waals surface area (Å²) < 4.78 is 36.7. The molecule has 1 aliphatic carbocycles. The number of hydrogen-bond donors (Lipinski definition) is 2. The number of aromatic carboxylic acids is 1. The van der Waals surface area contributed by atoms with Crippen molar-refractivity contribution in [2.75, 3.05) is 11.9 Å². The number of nitrogens with one attached hydrogen (secondary N) is 1. The molecule has 0 radical (unpaired) electrons. The molecule has 1 saturated carbocycles. The Labute approximate surface area is 212 Å². The zero-order chi connectivity index (χ0) is 25.8. The van der Waals surface area contributed by atoms with Crippen LogP contribution in [-0.2, 0) is 6.42 Å². The van der Waals surface area contributed by atoms with Gasteiger partial charge in [0.05, 0.1) is 11.8 Å². The van der Waals surface area contributed by atoms with E-state index < -0.39 is 12.6 Å². The number of benzene rings is 3. The van der Waals surface area contributed by atoms with Gasteiger partial charge in [0, 0.05) is 18.2 Å². The molecular weight excluding hydrogens is 480 g/mol. The number of ether oxygens (including phenoxy) is 2. The van der Waals surface area contributed by atoms with E-state index in [-0.39, 0.29) is 17.4 Å². The van der Waals surface area contributed by atoms with Gasteiger partial charge in [-0.05, 0) is 66.3 Å². The van der Waals surface area contributed by atoms with Gasteiger partial charge in [-0.15, -0.1) is 0 Å². The molecule has 0 atom stereocenters. The Balaban J connectivity index is 1.32. The Kier molecular flexibility index (Phi) is 7.11. The number of hydrogen-bond acceptors (Lipinski definition) is 6. The van der Waals surface area contributed by atoms with Crippen LogP contribution < -0.4 is 14.8 Å². The minimum atomic E-state index is -2.91. The van der Waals surface area contributed by atoms with Crippen molar-refractivity contribution in [3.63, 3.8) is 0 Å². The second kappa shape index (κ2) is 10.8. The van der Waals surface area contributed by atoms with E-state index >= 15 is 0 Å². The average Bonchev–Trinajstić information content (AvgIpc) is 2.86. The van der Waals surface area contributed by atoms with E-state index in [1.807, 2.05) is 30.3 Å². The summed E-state index contributed by atoms with van der Waals surface area (Å²) in [5.41, 5.74) is 2.07. The number of carboxylic acid groups (broad SMARTS) is 1. The van der Waals surface area contributed by atoms with Crippen molar-refractivity contribution in [3.05, 3.63) is 78.1 Å². The lowest BCUT2D eigenvalue weighted by Crippen LogP contribution is -2.25. The first-order chi connectivity index (χ1) is 18.0. The van der Waals surface area contributed by atoms with Gasteiger partial charge in [0.25, 0.3) is 0 Å². The first kappa shape index (κ1) is 24.4. The van der Waals surface area contributed by atoms with Crippen molar-refractivity contribution in [3.8, 4) is 22.8 Å². The SMILES string of the molecule is O=C(O)c1ccc(-c2cc(NCCc3cc4ccccc4cc3OC(F)F)ncn2)cc1OC1CCC1. The minimum Gasteiger partial charge on any atom is -0.490 e. The zero-order valence-electron chi connectivity index (χ0n) is 19.9. The van der Waals surface area contributed by atoms with Crippen molar-refractivity contribution < 1.29 is 28.2 Å². The van der Waals surface area contributed by atoms with Gasteiger partial charge in [0.2, 0.25) is 0 Å². The van der Waals surface area contributed by atoms with Gasteiger partial charge in [-0.2, -0.15) is 8.78 Å². The summed E-state index contributed by atoms with van der Waals surface area (Å²) in [6.07, 6.45) is 4.77. The van der Waals surface area contributed by atoms with Gasteiger partial charge >= 0.3 is 12.6 Å². The monoisotopic (exact) mass is 505 g/mol. The van der Waals surface area contributed by atoms with Gasteiger partial charge in [-0.25, -0.2) is 14.8 Å². The second-order valence-corrected chi connectivity index (χ2v) is 8.84. The number of nitrogens with zero attached hydrogens (tertiary/aromatic N) is 2. The highest BCUT2D eigenvalue weighted by molar-refractivity contribution is 5.92. The molecule has 1 aromatic heterocycles. The van der Waals surface area contributed by atoms with Crippen LogP contribution in [0.25, 0.3) is 22.0 Å². The standard InChI is InChI=1S/C28H25F2N3O4/c29-28(30)37-24-13-18-5-2-1-4-17(18)12-20(24)10-11-31-26-15-23(32-16-33-26)19-8-9-22(27(34)35)25(14-19)36-21-6-3-7-21/h1-2,4-5,8-9,12-16,21,28H,3,6-7,10-11H2,(H,34,35)(H,31,32,33). The molecule has 3 aromatic carbocycles. The van der Waals surface area contributed by atoms with Crippen LogP contribution in [0.3, 0.4) is 0 Å². The number of carbonyl (C=O) groups is 1. The summed E-state index contributed by atoms with van der Waals surface area (Å²) >= 11 is 0. The number of anilines is 1. The first-order valence-electron chi connectivity index (χ1n) is 12.0. The molecule has 5 rings (SSSR count). The highest BCUT2D eigenvalue weighted by Gasteiger charge is 2.22. The number of carboxylic acids is 1. The van der Waals surface area contributed by atoms with Crippen LogP contribution in [0.1, 0.15) is 35.2 Å². The van der Waals surface area contributed by atoms with Crippen molar-refractivity contribution >= 4 is 22.6 Å². The Morgan fingerprint density at radius 1 is 1.03 bits per heavy atom. The van der Waals surface area contributed by atoms with Gasteiger partial charge in [0.1, 0.15) is 29.2 Å². The Hall–Kier alpha value is -4.27. The maximum Gasteiger partial charge on any atom is 0.387 e. The van der Waals surface area contributed by atoms with Gasteiger partial charge in [0.15, 0.2) is 0 Å². The minimum absolute atomic E-state index is 0.0324. The van der Waals surface area contributed by atoms with E-state index in [0.29, 0.717) is 41.4 Å². The van der Waals surface area contributed by atoms with Gasteiger partial charge in [-0.3, -0.25) is 0 Å². The van der Waals surface area contributed by atoms with E-state index in [1.54, 1.807) is 24.3 Å². The maximum atomic E-state index is 13.0. The fourth-order valence-corrected chi connectivity index (χ4v) is 4.23. The molecule has 0 aliphatic heterocycles. The second-order valence-electron chi connectivity index (χ2n) is 8.84. The fourth-order valence-electron chi connectivity index (χ4n) is 4.23. The predicted molar refractivity (Wildman–Crippen MR) is 135 cm³/mol. The summed E-state index contributed by atoms with van der Waals surface area (Å²) in [6.45, 7) is -2.49. The molecule has 1 aliphatic rings. The third-order valence-electron chi connectivity index (χ3n) is 6.37. The number of halogens is 2. The molecule has 0 amide bonds. The molecule has 9 heteroatoms. The number of alkyl halides is 2. The van der Waals surface area contributed by atoms with E-state index in [2.05, 4.69) is 15.3 Å². The summed E-state index contributed by atoms with van der Waals surface area (Å²) in [5.74, 6) is -0.0252. The van der Waals surface area contributed by atoms with E-state index in [4.69, 9.17) is 9.47 Å². The lowest BCUT2D eigenvalue weighted by Gasteiger charge is -2.27. The molecular formula is C28H25F2N3O4. The van der Waals surface area contributed by atoms with Crippen molar-refractivity contribution in [1.82, 2.24) is 9.97 Å². The molecule has 0 bridgehead atoms. The van der Waals surface area contributed by atoms with Crippen LogP contribution in [0.5, 0.6) is 11.5 Å². The largest absolute Gasteiger partial charge is 0.490 e. The van der Waals surface area contributed by atoms with Gasteiger partial charge in [-0.1, -0.05) is 30.3 Å². The van der Waals surface area contributed by atoms with Crippen LogP contribution in [0, 0.1) is 0 Å². The number of rotatable bonds is 10. The molecule has 1 fully saturated rings. The molecule has 7 nitrogen and oxygen atoms in total. The Morgan fingerprint density at radius 3 is 2.51 bits per heavy atom. The lowest BCUT2D eigenvalue weighted by atomic mass is 9.96. The molecule has 0 spiro atoms. The van der Waals surface area contributed by atoms with Crippen molar-refractivity contribution in [2.45, 2.75) is 38.4 Å². The van der Waals surface area contributed by atoms with Crippen LogP contribution in [0.4, 0.5) is 14.6 Å². The van der Waals surface area contributed by atoms with Crippen molar-refractivity contribution in [2.24, 2.45) is 0 Å². The average molecular weight is 506 g/mol. The van der Waals surface area contributed by atoms with Crippen LogP contribution in [-0.4, -0.2) is 40.3 Å². The Morgan fingerprint density at radius 2 is 1.81 bits per heavy atom. The topological polar surface area (TPSA) is 93.6 Å². The molecule has 0 saturated heterocycles. The molecule has 190 valence electrons. The zero-order valence-corrected chi connectivity index (χ0v) is 19.9. The summed E-state index contributed by atoms with van der Waals surface area (Å²) in [6, 6.07) is 17.6. The van der Waals surface area contributed by atoms with Crippen LogP contribution >= 0.6 is 0 Å². The van der Waals surface area contributed by atoms with Crippen LogP contribution in [0.2, 0.25) is 0 Å². The maximum absolute atomic E-state index is 13.0. The van der Waals surface area contributed by atoms with Crippen LogP contribution in [0.15, 0.2) is 67.0 Å². The quantitative estimate of drug-likeness (QED) is 0.266. The summed E-state index contributed by atoms with van der Waals surface area (Å²) in [5, 5.41) is 14.5. The lowest BCUT2D eigenvalue weighted by molar-refractivity contribution is -0.0503. The summed E-state index contributed by atoms with van der Waals surface area (Å²) in [7, 11) is 0. The van der Waals surface area contributed by atoms with Gasteiger partial charge < -0.3 is 19.9 Å². The molecule has 0 unspecified atom stereocenters. The smallest absolute Gasteiger partial charge is 0.387 e.